The van der Waals surface area contributed by atoms with E-state index in [9.17, 15) is 0 Å². The fraction of sp³-hybridized carbons (Fsp3) is 0.583. The van der Waals surface area contributed by atoms with Crippen LogP contribution in [0.15, 0.2) is 18.2 Å². The maximum atomic E-state index is 4.61. The van der Waals surface area contributed by atoms with E-state index in [4.69, 9.17) is 0 Å². The Bertz CT molecular complexity index is 314. The van der Waals surface area contributed by atoms with Crippen LogP contribution < -0.4 is 5.32 Å². The number of nitrogens with one attached hydrogen (secondary N) is 1. The normalized spacial score (nSPS) is 27.6. The average molecular weight is 190 g/mol. The topological polar surface area (TPSA) is 24.9 Å². The van der Waals surface area contributed by atoms with Gasteiger partial charge in [-0.05, 0) is 51.8 Å². The molecule has 0 saturated carbocycles. The highest BCUT2D eigenvalue weighted by Crippen LogP contribution is 2.28. The standard InChI is InChI=1S/C12H18N2/c1-10-6-5-7-11(14-10)12(2)8-3-4-9-13-12/h5-7,13H,3-4,8-9H2,1-2H3. The molecule has 0 bridgehead atoms. The molecule has 76 valence electrons. The Hall–Kier alpha value is -0.890. The van der Waals surface area contributed by atoms with E-state index >= 15 is 0 Å². The molecule has 1 N–H and O–H groups in total. The number of aryl methyl sites for hydroxylation is 1. The van der Waals surface area contributed by atoms with Crippen molar-refractivity contribution in [3.63, 3.8) is 0 Å². The van der Waals surface area contributed by atoms with Gasteiger partial charge in [0.25, 0.3) is 0 Å². The van der Waals surface area contributed by atoms with Crippen molar-refractivity contribution in [2.45, 2.75) is 38.6 Å². The molecule has 0 spiro atoms. The molecule has 0 aliphatic carbocycles. The molecule has 1 atom stereocenters. The first-order valence-electron chi connectivity index (χ1n) is 5.40. The summed E-state index contributed by atoms with van der Waals surface area (Å²) in [7, 11) is 0. The lowest BCUT2D eigenvalue weighted by atomic mass is 9.87. The monoisotopic (exact) mass is 190 g/mol. The van der Waals surface area contributed by atoms with E-state index < -0.39 is 0 Å². The van der Waals surface area contributed by atoms with Gasteiger partial charge in [-0.25, -0.2) is 0 Å². The summed E-state index contributed by atoms with van der Waals surface area (Å²) in [5, 5.41) is 3.58. The summed E-state index contributed by atoms with van der Waals surface area (Å²) in [5.74, 6) is 0. The molecule has 0 aromatic carbocycles. The smallest absolute Gasteiger partial charge is 0.0604 e. The van der Waals surface area contributed by atoms with Gasteiger partial charge in [-0.1, -0.05) is 6.07 Å². The van der Waals surface area contributed by atoms with E-state index in [-0.39, 0.29) is 5.54 Å². The van der Waals surface area contributed by atoms with Gasteiger partial charge in [0.2, 0.25) is 0 Å². The third-order valence-electron chi connectivity index (χ3n) is 3.07. The number of nitrogens with zero attached hydrogens (tertiary/aromatic N) is 1. The number of hydrogen-bond acceptors (Lipinski definition) is 2. The summed E-state index contributed by atoms with van der Waals surface area (Å²) >= 11 is 0. The molecule has 1 aromatic heterocycles. The first-order valence-corrected chi connectivity index (χ1v) is 5.40. The van der Waals surface area contributed by atoms with Gasteiger partial charge in [0.15, 0.2) is 0 Å². The highest BCUT2D eigenvalue weighted by Gasteiger charge is 2.29. The zero-order valence-electron chi connectivity index (χ0n) is 9.01. The fourth-order valence-electron chi connectivity index (χ4n) is 2.13. The highest BCUT2D eigenvalue weighted by molar-refractivity contribution is 5.18. The largest absolute Gasteiger partial charge is 0.306 e. The van der Waals surface area contributed by atoms with Crippen LogP contribution in [0.3, 0.4) is 0 Å². The second-order valence-electron chi connectivity index (χ2n) is 4.38. The van der Waals surface area contributed by atoms with Gasteiger partial charge in [-0.3, -0.25) is 4.98 Å². The molecule has 2 rings (SSSR count). The molecule has 0 radical (unpaired) electrons. The third-order valence-corrected chi connectivity index (χ3v) is 3.07. The van der Waals surface area contributed by atoms with Crippen LogP contribution in [-0.4, -0.2) is 11.5 Å². The highest BCUT2D eigenvalue weighted by atomic mass is 15.0. The first-order chi connectivity index (χ1) is 6.71. The van der Waals surface area contributed by atoms with Crippen molar-refractivity contribution >= 4 is 0 Å². The maximum absolute atomic E-state index is 4.61. The SMILES string of the molecule is Cc1cccc(C2(C)CCCCN2)n1. The van der Waals surface area contributed by atoms with E-state index in [1.165, 1.54) is 25.0 Å². The predicted octanol–water partition coefficient (Wildman–Crippen LogP) is 2.38. The summed E-state index contributed by atoms with van der Waals surface area (Å²) in [5.41, 5.74) is 2.40. The van der Waals surface area contributed by atoms with Gasteiger partial charge in [0, 0.05) is 5.69 Å². The molecule has 1 saturated heterocycles. The molecule has 14 heavy (non-hydrogen) atoms. The number of pyridine rings is 1. The molecule has 2 heterocycles. The number of rotatable bonds is 1. The van der Waals surface area contributed by atoms with Crippen LogP contribution in [0, 0.1) is 6.92 Å². The van der Waals surface area contributed by atoms with Crippen molar-refractivity contribution in [1.29, 1.82) is 0 Å². The van der Waals surface area contributed by atoms with Crippen LogP contribution >= 0.6 is 0 Å². The molecule has 1 unspecified atom stereocenters. The lowest BCUT2D eigenvalue weighted by molar-refractivity contribution is 0.276. The van der Waals surface area contributed by atoms with Crippen LogP contribution in [0.5, 0.6) is 0 Å². The minimum absolute atomic E-state index is 0.101. The Labute approximate surface area is 85.7 Å². The van der Waals surface area contributed by atoms with E-state index in [1.54, 1.807) is 0 Å². The third kappa shape index (κ3) is 1.80. The van der Waals surface area contributed by atoms with Crippen LogP contribution in [0.25, 0.3) is 0 Å². The van der Waals surface area contributed by atoms with E-state index in [0.29, 0.717) is 0 Å². The van der Waals surface area contributed by atoms with Crippen LogP contribution in [-0.2, 0) is 5.54 Å². The van der Waals surface area contributed by atoms with Gasteiger partial charge in [0.05, 0.1) is 11.2 Å². The van der Waals surface area contributed by atoms with Crippen molar-refractivity contribution in [2.75, 3.05) is 6.54 Å². The van der Waals surface area contributed by atoms with Crippen molar-refractivity contribution in [2.24, 2.45) is 0 Å². The average Bonchev–Trinajstić information content (AvgIpc) is 2.19. The van der Waals surface area contributed by atoms with E-state index in [2.05, 4.69) is 42.3 Å². The van der Waals surface area contributed by atoms with Gasteiger partial charge < -0.3 is 5.32 Å². The van der Waals surface area contributed by atoms with Crippen LogP contribution in [0.1, 0.15) is 37.6 Å². The minimum atomic E-state index is 0.101. The lowest BCUT2D eigenvalue weighted by Gasteiger charge is -2.34. The van der Waals surface area contributed by atoms with Crippen molar-refractivity contribution < 1.29 is 0 Å². The van der Waals surface area contributed by atoms with Gasteiger partial charge >= 0.3 is 0 Å². The van der Waals surface area contributed by atoms with E-state index in [0.717, 1.165) is 12.2 Å². The Morgan fingerprint density at radius 3 is 2.86 bits per heavy atom. The Morgan fingerprint density at radius 2 is 2.21 bits per heavy atom. The van der Waals surface area contributed by atoms with Crippen molar-refractivity contribution in [1.82, 2.24) is 10.3 Å². The van der Waals surface area contributed by atoms with Crippen LogP contribution in [0.2, 0.25) is 0 Å². The fourth-order valence-corrected chi connectivity index (χ4v) is 2.13. The van der Waals surface area contributed by atoms with Gasteiger partial charge in [-0.15, -0.1) is 0 Å². The summed E-state index contributed by atoms with van der Waals surface area (Å²) in [6, 6.07) is 6.28. The Morgan fingerprint density at radius 1 is 1.36 bits per heavy atom. The zero-order valence-corrected chi connectivity index (χ0v) is 9.01. The number of piperidine rings is 1. The van der Waals surface area contributed by atoms with Gasteiger partial charge in [-0.2, -0.15) is 0 Å². The zero-order chi connectivity index (χ0) is 10.0. The lowest BCUT2D eigenvalue weighted by Crippen LogP contribution is -2.43. The molecule has 1 aliphatic heterocycles. The number of hydrogen-bond donors (Lipinski definition) is 1. The maximum Gasteiger partial charge on any atom is 0.0604 e. The molecule has 1 aliphatic rings. The second kappa shape index (κ2) is 3.70. The number of aromatic nitrogens is 1. The molecule has 1 aromatic rings. The van der Waals surface area contributed by atoms with E-state index in [1.807, 2.05) is 0 Å². The Kier molecular flexibility index (Phi) is 2.55. The molecule has 0 amide bonds. The van der Waals surface area contributed by atoms with Crippen LogP contribution in [0.4, 0.5) is 0 Å². The summed E-state index contributed by atoms with van der Waals surface area (Å²) in [4.78, 5) is 4.61. The van der Waals surface area contributed by atoms with Gasteiger partial charge in [0.1, 0.15) is 0 Å². The molecule has 2 heteroatoms. The molecular weight excluding hydrogens is 172 g/mol. The molecular formula is C12H18N2. The summed E-state index contributed by atoms with van der Waals surface area (Å²) in [6.07, 6.45) is 3.80. The summed E-state index contributed by atoms with van der Waals surface area (Å²) in [6.45, 7) is 5.43. The van der Waals surface area contributed by atoms with Crippen molar-refractivity contribution in [3.8, 4) is 0 Å². The predicted molar refractivity (Wildman–Crippen MR) is 58.2 cm³/mol. The Balaban J connectivity index is 2.28. The quantitative estimate of drug-likeness (QED) is 0.735. The second-order valence-corrected chi connectivity index (χ2v) is 4.38. The first kappa shape index (κ1) is 9.66. The molecule has 2 nitrogen and oxygen atoms in total. The minimum Gasteiger partial charge on any atom is -0.306 e. The summed E-state index contributed by atoms with van der Waals surface area (Å²) < 4.78 is 0. The molecule has 1 fully saturated rings. The van der Waals surface area contributed by atoms with Crippen molar-refractivity contribution in [3.05, 3.63) is 29.6 Å².